The first-order valence-corrected chi connectivity index (χ1v) is 5.77. The molecule has 1 aliphatic rings. The Hall–Kier alpha value is -1.39. The summed E-state index contributed by atoms with van der Waals surface area (Å²) in [6.45, 7) is 1.94. The molecule has 0 spiro atoms. The van der Waals surface area contributed by atoms with Gasteiger partial charge in [0.1, 0.15) is 5.54 Å². The van der Waals surface area contributed by atoms with Crippen LogP contribution in [0.25, 0.3) is 0 Å². The number of carbonyl (C=O) groups is 1. The van der Waals surface area contributed by atoms with E-state index in [0.29, 0.717) is 19.4 Å². The highest BCUT2D eigenvalue weighted by Gasteiger charge is 2.43. The zero-order chi connectivity index (χ0) is 12.5. The molecule has 1 aromatic carbocycles. The Morgan fingerprint density at radius 1 is 1.41 bits per heavy atom. The van der Waals surface area contributed by atoms with Crippen LogP contribution in [0.15, 0.2) is 24.3 Å². The van der Waals surface area contributed by atoms with Crippen LogP contribution < -0.4 is 5.32 Å². The van der Waals surface area contributed by atoms with Crippen LogP contribution in [0.5, 0.6) is 0 Å². The van der Waals surface area contributed by atoms with Gasteiger partial charge in [-0.05, 0) is 18.1 Å². The van der Waals surface area contributed by atoms with Crippen molar-refractivity contribution >= 4 is 5.97 Å². The molecular weight excluding hydrogens is 218 g/mol. The van der Waals surface area contributed by atoms with Crippen LogP contribution in [0, 0.1) is 0 Å². The molecule has 0 heterocycles. The van der Waals surface area contributed by atoms with Gasteiger partial charge in [0.15, 0.2) is 0 Å². The third kappa shape index (κ3) is 2.33. The summed E-state index contributed by atoms with van der Waals surface area (Å²) < 4.78 is 0. The monoisotopic (exact) mass is 235 g/mol. The van der Waals surface area contributed by atoms with E-state index >= 15 is 0 Å². The van der Waals surface area contributed by atoms with Crippen molar-refractivity contribution in [3.63, 3.8) is 0 Å². The van der Waals surface area contributed by atoms with Crippen molar-refractivity contribution < 1.29 is 15.0 Å². The van der Waals surface area contributed by atoms with E-state index in [2.05, 4.69) is 5.32 Å². The molecule has 1 unspecified atom stereocenters. The van der Waals surface area contributed by atoms with Crippen LogP contribution in [0.3, 0.4) is 0 Å². The second-order valence-electron chi connectivity index (χ2n) is 4.74. The van der Waals surface area contributed by atoms with Crippen molar-refractivity contribution in [1.29, 1.82) is 0 Å². The fraction of sp³-hybridized carbons (Fsp3) is 0.462. The molecule has 1 aliphatic carbocycles. The molecule has 3 N–H and O–H groups in total. The maximum absolute atomic E-state index is 11.5. The summed E-state index contributed by atoms with van der Waals surface area (Å²) >= 11 is 0. The van der Waals surface area contributed by atoms with Crippen molar-refractivity contribution in [3.05, 3.63) is 35.4 Å². The van der Waals surface area contributed by atoms with Crippen molar-refractivity contribution in [3.8, 4) is 0 Å². The number of carboxylic acids is 1. The smallest absolute Gasteiger partial charge is 0.324 e. The maximum atomic E-state index is 11.5. The van der Waals surface area contributed by atoms with Crippen LogP contribution >= 0.6 is 0 Å². The summed E-state index contributed by atoms with van der Waals surface area (Å²) in [7, 11) is 0. The van der Waals surface area contributed by atoms with Crippen molar-refractivity contribution in [1.82, 2.24) is 5.32 Å². The summed E-state index contributed by atoms with van der Waals surface area (Å²) in [4.78, 5) is 11.5. The molecule has 1 atom stereocenters. The largest absolute Gasteiger partial charge is 0.480 e. The van der Waals surface area contributed by atoms with Gasteiger partial charge in [-0.3, -0.25) is 10.1 Å². The van der Waals surface area contributed by atoms with Crippen LogP contribution in [0.1, 0.15) is 18.1 Å². The number of hydrogen-bond donors (Lipinski definition) is 3. The molecule has 4 heteroatoms. The molecule has 2 rings (SSSR count). The van der Waals surface area contributed by atoms with Gasteiger partial charge < -0.3 is 10.2 Å². The Bertz CT molecular complexity index is 403. The molecule has 0 saturated heterocycles. The molecule has 0 aromatic heterocycles. The third-order valence-electron chi connectivity index (χ3n) is 3.25. The summed E-state index contributed by atoms with van der Waals surface area (Å²) in [5, 5.41) is 21.7. The van der Waals surface area contributed by atoms with Gasteiger partial charge in [0.2, 0.25) is 0 Å². The minimum Gasteiger partial charge on any atom is -0.480 e. The fourth-order valence-electron chi connectivity index (χ4n) is 2.31. The van der Waals surface area contributed by atoms with Crippen LogP contribution in [0.4, 0.5) is 0 Å². The molecule has 0 amide bonds. The lowest BCUT2D eigenvalue weighted by molar-refractivity contribution is -0.144. The number of aliphatic hydroxyl groups excluding tert-OH is 1. The average molecular weight is 235 g/mol. The summed E-state index contributed by atoms with van der Waals surface area (Å²) in [6, 6.07) is 7.77. The second kappa shape index (κ2) is 4.47. The van der Waals surface area contributed by atoms with Crippen LogP contribution in [0.2, 0.25) is 0 Å². The number of rotatable bonds is 4. The number of aliphatic carboxylic acids is 1. The lowest BCUT2D eigenvalue weighted by atomic mass is 9.95. The van der Waals surface area contributed by atoms with E-state index in [9.17, 15) is 15.0 Å². The summed E-state index contributed by atoms with van der Waals surface area (Å²) in [5.74, 6) is -0.852. The van der Waals surface area contributed by atoms with Crippen LogP contribution in [-0.4, -0.2) is 34.4 Å². The quantitative estimate of drug-likeness (QED) is 0.714. The van der Waals surface area contributed by atoms with Crippen molar-refractivity contribution in [2.45, 2.75) is 31.4 Å². The van der Waals surface area contributed by atoms with E-state index in [1.165, 1.54) is 0 Å². The van der Waals surface area contributed by atoms with E-state index in [1.807, 2.05) is 24.3 Å². The third-order valence-corrected chi connectivity index (χ3v) is 3.25. The standard InChI is InChI=1S/C13H17NO3/c1-9(15)8-14-13(12(16)17)6-10-4-2-3-5-11(10)7-13/h2-5,9,14-15H,6-8H2,1H3,(H,16,17). The first kappa shape index (κ1) is 12.1. The first-order chi connectivity index (χ1) is 8.03. The van der Waals surface area contributed by atoms with E-state index in [0.717, 1.165) is 11.1 Å². The lowest BCUT2D eigenvalue weighted by Gasteiger charge is -2.26. The predicted octanol–water partition coefficient (Wildman–Crippen LogP) is 0.579. The van der Waals surface area contributed by atoms with E-state index in [-0.39, 0.29) is 0 Å². The Kier molecular flexibility index (Phi) is 3.17. The van der Waals surface area contributed by atoms with E-state index in [1.54, 1.807) is 6.92 Å². The Morgan fingerprint density at radius 3 is 2.35 bits per heavy atom. The molecule has 4 nitrogen and oxygen atoms in total. The van der Waals surface area contributed by atoms with Gasteiger partial charge in [0.05, 0.1) is 6.10 Å². The number of aliphatic hydroxyl groups is 1. The number of carboxylic acid groups (broad SMARTS) is 1. The molecule has 17 heavy (non-hydrogen) atoms. The molecule has 1 aromatic rings. The van der Waals surface area contributed by atoms with E-state index in [4.69, 9.17) is 0 Å². The summed E-state index contributed by atoms with van der Waals surface area (Å²) in [6.07, 6.45) is 0.408. The Morgan fingerprint density at radius 2 is 1.94 bits per heavy atom. The van der Waals surface area contributed by atoms with E-state index < -0.39 is 17.6 Å². The van der Waals surface area contributed by atoms with Gasteiger partial charge in [-0.15, -0.1) is 0 Å². The number of fused-ring (bicyclic) bond motifs is 1. The normalized spacial score (nSPS) is 18.7. The van der Waals surface area contributed by atoms with Gasteiger partial charge in [0, 0.05) is 19.4 Å². The van der Waals surface area contributed by atoms with Gasteiger partial charge in [0.25, 0.3) is 0 Å². The number of hydrogen-bond acceptors (Lipinski definition) is 3. The maximum Gasteiger partial charge on any atom is 0.324 e. The fourth-order valence-corrected chi connectivity index (χ4v) is 2.31. The van der Waals surface area contributed by atoms with Gasteiger partial charge in [-0.1, -0.05) is 24.3 Å². The number of nitrogens with one attached hydrogen (secondary N) is 1. The van der Waals surface area contributed by atoms with Gasteiger partial charge >= 0.3 is 5.97 Å². The molecule has 0 bridgehead atoms. The van der Waals surface area contributed by atoms with Crippen molar-refractivity contribution in [2.75, 3.05) is 6.54 Å². The first-order valence-electron chi connectivity index (χ1n) is 5.77. The van der Waals surface area contributed by atoms with Crippen LogP contribution in [-0.2, 0) is 17.6 Å². The topological polar surface area (TPSA) is 69.6 Å². The highest BCUT2D eigenvalue weighted by atomic mass is 16.4. The molecule has 92 valence electrons. The molecule has 0 saturated carbocycles. The zero-order valence-corrected chi connectivity index (χ0v) is 9.81. The Labute approximate surface area is 100 Å². The van der Waals surface area contributed by atoms with Gasteiger partial charge in [-0.25, -0.2) is 0 Å². The van der Waals surface area contributed by atoms with Gasteiger partial charge in [-0.2, -0.15) is 0 Å². The minimum absolute atomic E-state index is 0.292. The SMILES string of the molecule is CC(O)CNC1(C(=O)O)Cc2ccccc2C1. The number of β-amino-alcohol motifs (C(OH)–C–C–N with tert-alkyl or cyclic N) is 1. The van der Waals surface area contributed by atoms with Crippen molar-refractivity contribution in [2.24, 2.45) is 0 Å². The number of benzene rings is 1. The second-order valence-corrected chi connectivity index (χ2v) is 4.74. The highest BCUT2D eigenvalue weighted by Crippen LogP contribution is 2.30. The highest BCUT2D eigenvalue weighted by molar-refractivity contribution is 5.81. The minimum atomic E-state index is -0.958. The average Bonchev–Trinajstić information content (AvgIpc) is 2.66. The molecule has 0 radical (unpaired) electrons. The Balaban J connectivity index is 2.20. The molecular formula is C13H17NO3. The summed E-state index contributed by atoms with van der Waals surface area (Å²) in [5.41, 5.74) is 1.20. The lowest BCUT2D eigenvalue weighted by Crippen LogP contribution is -2.54. The molecule has 0 fully saturated rings. The molecule has 0 aliphatic heterocycles. The zero-order valence-electron chi connectivity index (χ0n) is 9.81. The predicted molar refractivity (Wildman–Crippen MR) is 63.9 cm³/mol.